The van der Waals surface area contributed by atoms with E-state index in [0.717, 1.165) is 0 Å². The predicted octanol–water partition coefficient (Wildman–Crippen LogP) is 2.13. The molecule has 0 aromatic rings. The Morgan fingerprint density at radius 1 is 1.10 bits per heavy atom. The van der Waals surface area contributed by atoms with E-state index in [2.05, 4.69) is 0 Å². The first-order valence-electron chi connectivity index (χ1n) is 6.82. The molecule has 0 unspecified atom stereocenters. The van der Waals surface area contributed by atoms with Crippen LogP contribution in [-0.4, -0.2) is 62.6 Å². The van der Waals surface area contributed by atoms with E-state index in [1.807, 2.05) is 14.1 Å². The number of carboxylic acid groups (broad SMARTS) is 1. The maximum absolute atomic E-state index is 12.1. The average Bonchev–Trinajstić information content (AvgIpc) is 2.28. The van der Waals surface area contributed by atoms with E-state index in [4.69, 9.17) is 18.7 Å². The minimum atomic E-state index is -3.45. The first-order chi connectivity index (χ1) is 9.24. The van der Waals surface area contributed by atoms with Gasteiger partial charge >= 0.3 is 13.8 Å². The minimum Gasteiger partial charge on any atom is -0.481 e. The summed E-state index contributed by atoms with van der Waals surface area (Å²) in [6.45, 7) is 5.51. The molecular weight excluding hydrogens is 285 g/mol. The lowest BCUT2D eigenvalue weighted by atomic mass is 10.3. The summed E-state index contributed by atoms with van der Waals surface area (Å²) in [4.78, 5) is 10.5. The molecule has 0 atom stereocenters. The van der Waals surface area contributed by atoms with Crippen molar-refractivity contribution in [2.75, 3.05) is 47.0 Å². The fraction of sp³-hybridized carbons (Fsp3) is 0.917. The van der Waals surface area contributed by atoms with E-state index in [1.165, 1.54) is 0 Å². The molecule has 0 aromatic heterocycles. The molecule has 0 amide bonds. The molecule has 0 aromatic carbocycles. The molecule has 0 saturated heterocycles. The Hall–Kier alpha value is -0.460. The van der Waals surface area contributed by atoms with Crippen LogP contribution in [0.3, 0.4) is 0 Å². The van der Waals surface area contributed by atoms with Crippen LogP contribution < -0.4 is 0 Å². The van der Waals surface area contributed by atoms with Crippen molar-refractivity contribution in [3.05, 3.63) is 0 Å². The van der Waals surface area contributed by atoms with Gasteiger partial charge in [0.1, 0.15) is 13.2 Å². The summed E-state index contributed by atoms with van der Waals surface area (Å²) in [6, 6.07) is 0. The molecule has 0 bridgehead atoms. The van der Waals surface area contributed by atoms with Crippen molar-refractivity contribution in [2.45, 2.75) is 26.7 Å². The zero-order valence-electron chi connectivity index (χ0n) is 12.8. The smallest absolute Gasteiger partial charge is 0.474 e. The summed E-state index contributed by atoms with van der Waals surface area (Å²) in [5.41, 5.74) is 0. The second-order valence-corrected chi connectivity index (χ2v) is 6.67. The van der Waals surface area contributed by atoms with E-state index in [-0.39, 0.29) is 26.2 Å². The summed E-state index contributed by atoms with van der Waals surface area (Å²) < 4.78 is 27.9. The van der Waals surface area contributed by atoms with Crippen molar-refractivity contribution >= 4 is 13.8 Å². The number of hydrogen-bond acceptors (Lipinski definition) is 5. The Morgan fingerprint density at radius 2 is 1.65 bits per heavy atom. The van der Waals surface area contributed by atoms with Crippen LogP contribution in [0.4, 0.5) is 0 Å². The number of nitrogens with zero attached hydrogens (tertiary/aromatic N) is 1. The van der Waals surface area contributed by atoms with E-state index < -0.39 is 13.8 Å². The number of aliphatic carboxylic acids is 1. The zero-order valence-corrected chi connectivity index (χ0v) is 13.7. The molecule has 0 heterocycles. The highest BCUT2D eigenvalue weighted by Crippen LogP contribution is 2.49. The molecule has 20 heavy (non-hydrogen) atoms. The highest BCUT2D eigenvalue weighted by molar-refractivity contribution is 7.48. The lowest BCUT2D eigenvalue weighted by molar-refractivity contribution is -0.890. The summed E-state index contributed by atoms with van der Waals surface area (Å²) in [6.07, 6.45) is 0.746. The van der Waals surface area contributed by atoms with Crippen molar-refractivity contribution in [2.24, 2.45) is 0 Å². The molecule has 0 rings (SSSR count). The molecule has 120 valence electrons. The average molecular weight is 312 g/mol. The molecule has 0 radical (unpaired) electrons. The van der Waals surface area contributed by atoms with Gasteiger partial charge in [-0.3, -0.25) is 18.4 Å². The van der Waals surface area contributed by atoms with Crippen LogP contribution >= 0.6 is 7.82 Å². The van der Waals surface area contributed by atoms with Crippen LogP contribution in [0.25, 0.3) is 0 Å². The van der Waals surface area contributed by atoms with Gasteiger partial charge in [0.25, 0.3) is 0 Å². The Balaban J connectivity index is 4.11. The van der Waals surface area contributed by atoms with E-state index in [9.17, 15) is 9.36 Å². The van der Waals surface area contributed by atoms with Crippen molar-refractivity contribution in [1.82, 2.24) is 0 Å². The highest BCUT2D eigenvalue weighted by atomic mass is 31.2. The standard InChI is InChI=1S/C12H26NO6P/c1-5-17-20(16,18-6-2)19-11-10-13(3,4)9-7-8-12(14)15/h5-11H2,1-4H3/p+1. The molecule has 0 saturated carbocycles. The number of carbonyl (C=O) groups is 1. The fourth-order valence-corrected chi connectivity index (χ4v) is 2.76. The van der Waals surface area contributed by atoms with Crippen LogP contribution in [-0.2, 0) is 22.9 Å². The van der Waals surface area contributed by atoms with Crippen LogP contribution in [0.1, 0.15) is 26.7 Å². The molecule has 1 N–H and O–H groups in total. The van der Waals surface area contributed by atoms with Gasteiger partial charge in [-0.1, -0.05) is 0 Å². The van der Waals surface area contributed by atoms with Gasteiger partial charge in [0.2, 0.25) is 0 Å². The van der Waals surface area contributed by atoms with Gasteiger partial charge in [0, 0.05) is 6.42 Å². The van der Waals surface area contributed by atoms with Gasteiger partial charge < -0.3 is 9.59 Å². The van der Waals surface area contributed by atoms with Gasteiger partial charge in [-0.15, -0.1) is 0 Å². The van der Waals surface area contributed by atoms with E-state index in [1.54, 1.807) is 13.8 Å². The molecule has 0 aliphatic rings. The van der Waals surface area contributed by atoms with Crippen molar-refractivity contribution in [3.63, 3.8) is 0 Å². The Kier molecular flexibility index (Phi) is 9.25. The van der Waals surface area contributed by atoms with Crippen LogP contribution in [0, 0.1) is 0 Å². The topological polar surface area (TPSA) is 82.1 Å². The Morgan fingerprint density at radius 3 is 2.10 bits per heavy atom. The molecule has 0 aliphatic heterocycles. The number of quaternary nitrogens is 1. The van der Waals surface area contributed by atoms with Gasteiger partial charge in [-0.25, -0.2) is 4.57 Å². The van der Waals surface area contributed by atoms with Crippen molar-refractivity contribution in [3.8, 4) is 0 Å². The number of likely N-dealkylation sites (N-methyl/N-ethyl adjacent to an activating group) is 1. The number of carboxylic acids is 1. The number of rotatable bonds is 12. The number of hydrogen-bond donors (Lipinski definition) is 1. The largest absolute Gasteiger partial charge is 0.481 e. The quantitative estimate of drug-likeness (QED) is 0.439. The van der Waals surface area contributed by atoms with Gasteiger partial charge in [0.15, 0.2) is 0 Å². The zero-order chi connectivity index (χ0) is 15.6. The van der Waals surface area contributed by atoms with Gasteiger partial charge in [-0.2, -0.15) is 0 Å². The number of phosphoric ester groups is 1. The van der Waals surface area contributed by atoms with Crippen molar-refractivity contribution < 1.29 is 32.5 Å². The molecule has 0 aliphatic carbocycles. The van der Waals surface area contributed by atoms with Gasteiger partial charge in [0.05, 0.1) is 40.3 Å². The number of phosphoric acid groups is 1. The first-order valence-corrected chi connectivity index (χ1v) is 8.28. The normalized spacial score (nSPS) is 12.6. The van der Waals surface area contributed by atoms with Crippen molar-refractivity contribution in [1.29, 1.82) is 0 Å². The third-order valence-corrected chi connectivity index (χ3v) is 4.32. The summed E-state index contributed by atoms with van der Waals surface area (Å²) in [7, 11) is 0.488. The molecule has 0 spiro atoms. The van der Waals surface area contributed by atoms with Crippen LogP contribution in [0.2, 0.25) is 0 Å². The predicted molar refractivity (Wildman–Crippen MR) is 75.5 cm³/mol. The molecular formula is C12H27NO6P+. The maximum Gasteiger partial charge on any atom is 0.474 e. The second kappa shape index (κ2) is 9.47. The SMILES string of the molecule is CCOP(=O)(OCC)OCC[N+](C)(C)CCCC(=O)O. The van der Waals surface area contributed by atoms with Gasteiger partial charge in [-0.05, 0) is 13.8 Å². The second-order valence-electron chi connectivity index (χ2n) is 5.00. The summed E-state index contributed by atoms with van der Waals surface area (Å²) >= 11 is 0. The minimum absolute atomic E-state index is 0.152. The van der Waals surface area contributed by atoms with Crippen LogP contribution in [0.15, 0.2) is 0 Å². The fourth-order valence-electron chi connectivity index (χ4n) is 1.60. The lowest BCUT2D eigenvalue weighted by Crippen LogP contribution is -2.43. The third kappa shape index (κ3) is 9.44. The Labute approximate surface area is 121 Å². The summed E-state index contributed by atoms with van der Waals surface area (Å²) in [5.74, 6) is -0.793. The first kappa shape index (κ1) is 19.5. The molecule has 8 heteroatoms. The maximum atomic E-state index is 12.1. The Bertz CT molecular complexity index is 324. The summed E-state index contributed by atoms with van der Waals surface area (Å²) in [5, 5.41) is 8.61. The monoisotopic (exact) mass is 312 g/mol. The molecule has 0 fully saturated rings. The highest BCUT2D eigenvalue weighted by Gasteiger charge is 2.26. The third-order valence-electron chi connectivity index (χ3n) is 2.67. The van der Waals surface area contributed by atoms with E-state index in [0.29, 0.717) is 24.0 Å². The van der Waals surface area contributed by atoms with E-state index >= 15 is 0 Å². The van der Waals surface area contributed by atoms with Crippen LogP contribution in [0.5, 0.6) is 0 Å². The molecule has 7 nitrogen and oxygen atoms in total. The lowest BCUT2D eigenvalue weighted by Gasteiger charge is -2.30.